The smallest absolute Gasteiger partial charge is 0.491 e. The molecule has 0 unspecified atom stereocenters. The van der Waals surface area contributed by atoms with E-state index in [9.17, 15) is 0 Å². The van der Waals surface area contributed by atoms with Crippen LogP contribution in [-0.2, 0) is 18.0 Å². The van der Waals surface area contributed by atoms with E-state index in [0.29, 0.717) is 19.8 Å². The van der Waals surface area contributed by atoms with Gasteiger partial charge >= 0.3 is 8.80 Å². The number of benzene rings is 1. The number of para-hydroxylation sites is 1. The van der Waals surface area contributed by atoms with E-state index < -0.39 is 8.80 Å². The summed E-state index contributed by atoms with van der Waals surface area (Å²) in [4.78, 5) is 0. The third kappa shape index (κ3) is 6.02. The van der Waals surface area contributed by atoms with Crippen LogP contribution in [0.25, 0.3) is 0 Å². The largest absolute Gasteiger partial charge is 0.500 e. The zero-order valence-electron chi connectivity index (χ0n) is 12.5. The van der Waals surface area contributed by atoms with Crippen LogP contribution in [-0.4, -0.2) is 50.0 Å². The second-order valence-electron chi connectivity index (χ2n) is 4.17. The van der Waals surface area contributed by atoms with Crippen LogP contribution in [0.1, 0.15) is 6.42 Å². The third-order valence-electron chi connectivity index (χ3n) is 2.94. The van der Waals surface area contributed by atoms with Crippen LogP contribution in [0.3, 0.4) is 0 Å². The Morgan fingerprint density at radius 2 is 1.50 bits per heavy atom. The van der Waals surface area contributed by atoms with Gasteiger partial charge in [0.15, 0.2) is 0 Å². The van der Waals surface area contributed by atoms with E-state index in [-0.39, 0.29) is 0 Å². The Morgan fingerprint density at radius 3 is 2.10 bits per heavy atom. The van der Waals surface area contributed by atoms with Crippen molar-refractivity contribution in [3.63, 3.8) is 0 Å². The fraction of sp³-hybridized carbons (Fsp3) is 0.571. The molecule has 1 aromatic carbocycles. The molecular weight excluding hydrogens is 276 g/mol. The highest BCUT2D eigenvalue weighted by molar-refractivity contribution is 6.60. The maximum atomic E-state index is 5.53. The second-order valence-corrected chi connectivity index (χ2v) is 7.26. The molecule has 0 radical (unpaired) electrons. The molecule has 0 atom stereocenters. The van der Waals surface area contributed by atoms with Crippen LogP contribution in [0.15, 0.2) is 30.3 Å². The molecule has 0 heterocycles. The van der Waals surface area contributed by atoms with Crippen LogP contribution in [0, 0.1) is 0 Å². The summed E-state index contributed by atoms with van der Waals surface area (Å²) in [6, 6.07) is 10.4. The van der Waals surface area contributed by atoms with Crippen molar-refractivity contribution in [2.45, 2.75) is 12.5 Å². The highest BCUT2D eigenvalue weighted by Crippen LogP contribution is 2.14. The van der Waals surface area contributed by atoms with E-state index in [1.807, 2.05) is 30.3 Å². The summed E-state index contributed by atoms with van der Waals surface area (Å²) in [5, 5.41) is 0. The van der Waals surface area contributed by atoms with Crippen LogP contribution in [0.5, 0.6) is 5.75 Å². The third-order valence-corrected chi connectivity index (χ3v) is 5.78. The Kier molecular flexibility index (Phi) is 8.48. The van der Waals surface area contributed by atoms with Crippen molar-refractivity contribution in [2.24, 2.45) is 0 Å². The summed E-state index contributed by atoms with van der Waals surface area (Å²) in [5.74, 6) is 0.862. The Labute approximate surface area is 122 Å². The lowest BCUT2D eigenvalue weighted by Crippen LogP contribution is -2.42. The van der Waals surface area contributed by atoms with Crippen molar-refractivity contribution in [2.75, 3.05) is 41.2 Å². The molecule has 0 spiro atoms. The molecule has 1 rings (SSSR count). The fourth-order valence-corrected chi connectivity index (χ4v) is 3.47. The lowest BCUT2D eigenvalue weighted by molar-refractivity contribution is 0.0903. The Morgan fingerprint density at radius 1 is 0.850 bits per heavy atom. The SMILES string of the molecule is CO[Si](CCCOCCOc1ccccc1)(OC)OC. The van der Waals surface area contributed by atoms with E-state index in [0.717, 1.165) is 18.2 Å². The quantitative estimate of drug-likeness (QED) is 0.464. The number of ether oxygens (including phenoxy) is 2. The molecule has 0 bridgehead atoms. The topological polar surface area (TPSA) is 46.2 Å². The average Bonchev–Trinajstić information content (AvgIpc) is 2.52. The van der Waals surface area contributed by atoms with Crippen LogP contribution >= 0.6 is 0 Å². The zero-order valence-corrected chi connectivity index (χ0v) is 13.5. The number of rotatable bonds is 11. The molecule has 5 nitrogen and oxygen atoms in total. The first-order valence-corrected chi connectivity index (χ1v) is 8.60. The Bertz CT molecular complexity index is 334. The number of hydrogen-bond donors (Lipinski definition) is 0. The molecule has 0 aromatic heterocycles. The summed E-state index contributed by atoms with van der Waals surface area (Å²) in [5.41, 5.74) is 0. The van der Waals surface area contributed by atoms with Gasteiger partial charge in [0.2, 0.25) is 0 Å². The van der Waals surface area contributed by atoms with Crippen molar-refractivity contribution in [3.8, 4) is 5.75 Å². The van der Waals surface area contributed by atoms with Crippen molar-refractivity contribution in [3.05, 3.63) is 30.3 Å². The first kappa shape index (κ1) is 17.1. The minimum Gasteiger partial charge on any atom is -0.491 e. The minimum absolute atomic E-state index is 0.547. The molecule has 1 aromatic rings. The monoisotopic (exact) mass is 300 g/mol. The molecular formula is C14H24O5Si. The van der Waals surface area contributed by atoms with Crippen LogP contribution < -0.4 is 4.74 Å². The van der Waals surface area contributed by atoms with Crippen LogP contribution in [0.2, 0.25) is 6.04 Å². The minimum atomic E-state index is -2.45. The molecule has 0 amide bonds. The van der Waals surface area contributed by atoms with Gasteiger partial charge in [-0.25, -0.2) is 0 Å². The molecule has 0 N–H and O–H groups in total. The molecule has 0 aliphatic carbocycles. The fourth-order valence-electron chi connectivity index (χ4n) is 1.78. The predicted molar refractivity (Wildman–Crippen MR) is 79.0 cm³/mol. The lowest BCUT2D eigenvalue weighted by Gasteiger charge is -2.24. The van der Waals surface area contributed by atoms with Crippen molar-refractivity contribution in [1.29, 1.82) is 0 Å². The van der Waals surface area contributed by atoms with E-state index in [1.165, 1.54) is 0 Å². The van der Waals surface area contributed by atoms with Gasteiger partial charge in [-0.05, 0) is 18.6 Å². The van der Waals surface area contributed by atoms with E-state index in [4.69, 9.17) is 22.8 Å². The van der Waals surface area contributed by atoms with Gasteiger partial charge in [-0.2, -0.15) is 0 Å². The Hall–Kier alpha value is -0.923. The highest BCUT2D eigenvalue weighted by Gasteiger charge is 2.36. The average molecular weight is 300 g/mol. The van der Waals surface area contributed by atoms with Crippen molar-refractivity contribution in [1.82, 2.24) is 0 Å². The van der Waals surface area contributed by atoms with E-state index >= 15 is 0 Å². The maximum Gasteiger partial charge on any atom is 0.500 e. The van der Waals surface area contributed by atoms with Gasteiger partial charge in [0.1, 0.15) is 12.4 Å². The molecule has 20 heavy (non-hydrogen) atoms. The molecule has 0 fully saturated rings. The molecule has 0 aliphatic rings. The molecule has 6 heteroatoms. The van der Waals surface area contributed by atoms with E-state index in [2.05, 4.69) is 0 Å². The standard InChI is InChI=1S/C14H24O5Si/c1-15-20(16-2,17-3)13-7-10-18-11-12-19-14-8-5-4-6-9-14/h4-6,8-9H,7,10-13H2,1-3H3. The van der Waals surface area contributed by atoms with Crippen molar-refractivity contribution >= 4 is 8.80 Å². The highest BCUT2D eigenvalue weighted by atomic mass is 28.4. The first-order valence-electron chi connectivity index (χ1n) is 6.67. The molecule has 0 saturated heterocycles. The molecule has 114 valence electrons. The summed E-state index contributed by atoms with van der Waals surface area (Å²) >= 11 is 0. The maximum absolute atomic E-state index is 5.53. The summed E-state index contributed by atoms with van der Waals surface area (Å²) in [7, 11) is 2.41. The lowest BCUT2D eigenvalue weighted by atomic mass is 10.3. The first-order chi connectivity index (χ1) is 9.76. The predicted octanol–water partition coefficient (Wildman–Crippen LogP) is 2.35. The molecule has 0 aliphatic heterocycles. The van der Waals surface area contributed by atoms with Crippen LogP contribution in [0.4, 0.5) is 0 Å². The number of hydrogen-bond acceptors (Lipinski definition) is 5. The van der Waals surface area contributed by atoms with Crippen molar-refractivity contribution < 1.29 is 22.8 Å². The van der Waals surface area contributed by atoms with Gasteiger partial charge in [-0.1, -0.05) is 18.2 Å². The summed E-state index contributed by atoms with van der Waals surface area (Å²) in [6.07, 6.45) is 0.840. The van der Waals surface area contributed by atoms with Gasteiger partial charge in [0.25, 0.3) is 0 Å². The normalized spacial score (nSPS) is 11.6. The zero-order chi connectivity index (χ0) is 14.7. The van der Waals surface area contributed by atoms with Gasteiger partial charge in [0, 0.05) is 34.0 Å². The van der Waals surface area contributed by atoms with Gasteiger partial charge in [-0.15, -0.1) is 0 Å². The van der Waals surface area contributed by atoms with E-state index in [1.54, 1.807) is 21.3 Å². The summed E-state index contributed by atoms with van der Waals surface area (Å²) < 4.78 is 27.0. The molecule has 0 saturated carbocycles. The Balaban J connectivity index is 2.05. The van der Waals surface area contributed by atoms with Gasteiger partial charge in [0.05, 0.1) is 6.61 Å². The second kappa shape index (κ2) is 9.90. The van der Waals surface area contributed by atoms with Gasteiger partial charge < -0.3 is 22.8 Å². The summed E-state index contributed by atoms with van der Waals surface area (Å²) in [6.45, 7) is 1.75. The van der Waals surface area contributed by atoms with Gasteiger partial charge in [-0.3, -0.25) is 0 Å².